The first kappa shape index (κ1) is 20.9. The van der Waals surface area contributed by atoms with Crippen molar-refractivity contribution in [2.24, 2.45) is 0 Å². The van der Waals surface area contributed by atoms with Gasteiger partial charge in [-0.25, -0.2) is 9.97 Å². The molecule has 4 aromatic rings. The number of rotatable bonds is 6. The molecule has 7 nitrogen and oxygen atoms in total. The van der Waals surface area contributed by atoms with Crippen LogP contribution in [0.25, 0.3) is 10.9 Å². The van der Waals surface area contributed by atoms with Gasteiger partial charge in [-0.3, -0.25) is 14.6 Å². The molecule has 4 aromatic heterocycles. The molecule has 0 saturated carbocycles. The van der Waals surface area contributed by atoms with E-state index in [1.54, 1.807) is 35.9 Å². The minimum Gasteiger partial charge on any atom is -0.344 e. The second-order valence-electron chi connectivity index (χ2n) is 7.66. The second kappa shape index (κ2) is 8.39. The fourth-order valence-corrected chi connectivity index (χ4v) is 4.41. The van der Waals surface area contributed by atoms with Crippen LogP contribution in [0.15, 0.2) is 43.0 Å². The smallest absolute Gasteiger partial charge is 0.231 e. The Balaban J connectivity index is 1.58. The van der Waals surface area contributed by atoms with Crippen LogP contribution in [0.2, 0.25) is 0 Å². The van der Waals surface area contributed by atoms with Crippen molar-refractivity contribution in [1.82, 2.24) is 19.5 Å². The lowest BCUT2D eigenvalue weighted by atomic mass is 10.0. The largest absolute Gasteiger partial charge is 0.344 e. The van der Waals surface area contributed by atoms with Crippen molar-refractivity contribution in [2.75, 3.05) is 5.32 Å². The third kappa shape index (κ3) is 4.25. The molecule has 4 rings (SSSR count). The van der Waals surface area contributed by atoms with Gasteiger partial charge in [0.05, 0.1) is 22.6 Å². The highest BCUT2D eigenvalue weighted by Crippen LogP contribution is 2.26. The molecule has 0 radical (unpaired) electrons. The average molecular weight is 434 g/mol. The van der Waals surface area contributed by atoms with Crippen molar-refractivity contribution in [1.29, 1.82) is 0 Å². The van der Waals surface area contributed by atoms with Crippen LogP contribution in [0.4, 0.5) is 5.82 Å². The zero-order valence-corrected chi connectivity index (χ0v) is 18.7. The zero-order valence-electron chi connectivity index (χ0n) is 17.8. The summed E-state index contributed by atoms with van der Waals surface area (Å²) in [7, 11) is 0. The van der Waals surface area contributed by atoms with Gasteiger partial charge in [-0.1, -0.05) is 0 Å². The SMILES string of the molecule is Cc1nc(CC(=O)Nc2cc(C(=O)c3cn(C(C)C)c4ccncc34)ccn2)c(C)s1. The zero-order chi connectivity index (χ0) is 22.1. The molecule has 1 amide bonds. The summed E-state index contributed by atoms with van der Waals surface area (Å²) in [6.45, 7) is 8.01. The number of pyridine rings is 2. The van der Waals surface area contributed by atoms with Crippen LogP contribution in [0.5, 0.6) is 0 Å². The number of anilines is 1. The quantitative estimate of drug-likeness (QED) is 0.452. The number of carbonyl (C=O) groups is 2. The van der Waals surface area contributed by atoms with Crippen LogP contribution >= 0.6 is 11.3 Å². The molecular formula is C23H23N5O2S. The summed E-state index contributed by atoms with van der Waals surface area (Å²) >= 11 is 1.57. The molecule has 158 valence electrons. The third-order valence-electron chi connectivity index (χ3n) is 5.05. The molecule has 8 heteroatoms. The number of hydrogen-bond donors (Lipinski definition) is 1. The first-order valence-electron chi connectivity index (χ1n) is 10.0. The van der Waals surface area contributed by atoms with Crippen LogP contribution in [-0.2, 0) is 11.2 Å². The maximum atomic E-state index is 13.3. The van der Waals surface area contributed by atoms with Crippen LogP contribution in [0.1, 0.15) is 51.4 Å². The molecule has 0 bridgehead atoms. The highest BCUT2D eigenvalue weighted by Gasteiger charge is 2.19. The van der Waals surface area contributed by atoms with Crippen molar-refractivity contribution >= 4 is 39.7 Å². The fraction of sp³-hybridized carbons (Fsp3) is 0.261. The highest BCUT2D eigenvalue weighted by molar-refractivity contribution is 7.11. The van der Waals surface area contributed by atoms with Gasteiger partial charge in [0.15, 0.2) is 5.78 Å². The Bertz CT molecular complexity index is 1290. The lowest BCUT2D eigenvalue weighted by Gasteiger charge is -2.08. The van der Waals surface area contributed by atoms with Crippen molar-refractivity contribution < 1.29 is 9.59 Å². The van der Waals surface area contributed by atoms with E-state index in [0.29, 0.717) is 16.9 Å². The number of carbonyl (C=O) groups excluding carboxylic acids is 2. The van der Waals surface area contributed by atoms with Crippen LogP contribution < -0.4 is 5.32 Å². The maximum Gasteiger partial charge on any atom is 0.231 e. The van der Waals surface area contributed by atoms with E-state index in [9.17, 15) is 9.59 Å². The van der Waals surface area contributed by atoms with Crippen LogP contribution in [-0.4, -0.2) is 31.2 Å². The highest BCUT2D eigenvalue weighted by atomic mass is 32.1. The minimum atomic E-state index is -0.217. The number of aromatic nitrogens is 4. The van der Waals surface area contributed by atoms with Crippen molar-refractivity contribution in [3.63, 3.8) is 0 Å². The van der Waals surface area contributed by atoms with Gasteiger partial charge in [-0.05, 0) is 45.9 Å². The molecule has 0 aliphatic carbocycles. The van der Waals surface area contributed by atoms with E-state index < -0.39 is 0 Å². The molecule has 0 saturated heterocycles. The summed E-state index contributed by atoms with van der Waals surface area (Å²) in [5, 5.41) is 4.51. The molecule has 0 atom stereocenters. The van der Waals surface area contributed by atoms with E-state index in [-0.39, 0.29) is 24.2 Å². The van der Waals surface area contributed by atoms with E-state index in [1.165, 1.54) is 6.20 Å². The summed E-state index contributed by atoms with van der Waals surface area (Å²) in [5.74, 6) is -0.0152. The molecule has 0 aliphatic heterocycles. The Morgan fingerprint density at radius 1 is 1.19 bits per heavy atom. The lowest BCUT2D eigenvalue weighted by molar-refractivity contribution is -0.115. The summed E-state index contributed by atoms with van der Waals surface area (Å²) in [6, 6.07) is 5.37. The summed E-state index contributed by atoms with van der Waals surface area (Å²) in [6.07, 6.45) is 7.00. The van der Waals surface area contributed by atoms with E-state index in [1.807, 2.05) is 26.1 Å². The number of nitrogens with one attached hydrogen (secondary N) is 1. The van der Waals surface area contributed by atoms with Crippen LogP contribution in [0.3, 0.4) is 0 Å². The van der Waals surface area contributed by atoms with Crippen molar-refractivity contribution in [3.8, 4) is 0 Å². The number of aryl methyl sites for hydroxylation is 2. The third-order valence-corrected chi connectivity index (χ3v) is 5.98. The maximum absolute atomic E-state index is 13.3. The molecule has 1 N–H and O–H groups in total. The number of nitrogens with zero attached hydrogens (tertiary/aromatic N) is 4. The number of hydrogen-bond acceptors (Lipinski definition) is 6. The summed E-state index contributed by atoms with van der Waals surface area (Å²) in [5.41, 5.74) is 2.76. The van der Waals surface area contributed by atoms with E-state index in [0.717, 1.165) is 26.5 Å². The van der Waals surface area contributed by atoms with Gasteiger partial charge in [-0.2, -0.15) is 0 Å². The van der Waals surface area contributed by atoms with Gasteiger partial charge in [0.1, 0.15) is 5.82 Å². The monoisotopic (exact) mass is 433 g/mol. The Labute approximate surface area is 184 Å². The normalized spacial score (nSPS) is 11.3. The molecule has 0 aliphatic rings. The van der Waals surface area contributed by atoms with Crippen molar-refractivity contribution in [3.05, 3.63) is 69.7 Å². The van der Waals surface area contributed by atoms with E-state index >= 15 is 0 Å². The topological polar surface area (TPSA) is 89.8 Å². The molecule has 0 spiro atoms. The molecule has 0 fully saturated rings. The van der Waals surface area contributed by atoms with Gasteiger partial charge < -0.3 is 9.88 Å². The van der Waals surface area contributed by atoms with Gasteiger partial charge in [-0.15, -0.1) is 11.3 Å². The van der Waals surface area contributed by atoms with Crippen molar-refractivity contribution in [2.45, 2.75) is 40.2 Å². The summed E-state index contributed by atoms with van der Waals surface area (Å²) in [4.78, 5) is 39.6. The van der Waals surface area contributed by atoms with Gasteiger partial charge in [0.25, 0.3) is 0 Å². The number of thiazole rings is 1. The number of fused-ring (bicyclic) bond motifs is 1. The molecule has 4 heterocycles. The van der Waals surface area contributed by atoms with E-state index in [4.69, 9.17) is 0 Å². The Morgan fingerprint density at radius 2 is 2.00 bits per heavy atom. The van der Waals surface area contributed by atoms with Crippen LogP contribution in [0, 0.1) is 13.8 Å². The molecule has 31 heavy (non-hydrogen) atoms. The van der Waals surface area contributed by atoms with Gasteiger partial charge >= 0.3 is 0 Å². The predicted octanol–water partition coefficient (Wildman–Crippen LogP) is 4.50. The Hall–Kier alpha value is -3.39. The number of amides is 1. The first-order valence-corrected chi connectivity index (χ1v) is 10.8. The summed E-state index contributed by atoms with van der Waals surface area (Å²) < 4.78 is 2.06. The lowest BCUT2D eigenvalue weighted by Crippen LogP contribution is -2.16. The second-order valence-corrected chi connectivity index (χ2v) is 9.06. The molecule has 0 aromatic carbocycles. The molecule has 0 unspecified atom stereocenters. The predicted molar refractivity (Wildman–Crippen MR) is 122 cm³/mol. The Morgan fingerprint density at radius 3 is 2.71 bits per heavy atom. The Kier molecular flexibility index (Phi) is 5.65. The van der Waals surface area contributed by atoms with E-state index in [2.05, 4.69) is 38.7 Å². The number of ketones is 1. The van der Waals surface area contributed by atoms with Gasteiger partial charge in [0.2, 0.25) is 5.91 Å². The average Bonchev–Trinajstić information content (AvgIpc) is 3.27. The fourth-order valence-electron chi connectivity index (χ4n) is 3.58. The first-order chi connectivity index (χ1) is 14.8. The molecular weight excluding hydrogens is 410 g/mol. The van der Waals surface area contributed by atoms with Gasteiger partial charge in [0, 0.05) is 52.2 Å². The standard InChI is InChI=1S/C23H23N5O2S/c1-13(2)28-12-18(17-11-24-7-6-20(17)28)23(30)16-5-8-25-21(9-16)27-22(29)10-19-14(3)31-15(4)26-19/h5-9,11-13H,10H2,1-4H3,(H,25,27,29). The minimum absolute atomic E-state index is 0.138.